The zero-order valence-electron chi connectivity index (χ0n) is 15.1. The number of rotatable bonds is 5. The van der Waals surface area contributed by atoms with Gasteiger partial charge in [-0.25, -0.2) is 0 Å². The van der Waals surface area contributed by atoms with Crippen LogP contribution in [-0.4, -0.2) is 4.92 Å². The van der Waals surface area contributed by atoms with Crippen LogP contribution in [0.15, 0.2) is 78.9 Å². The van der Waals surface area contributed by atoms with Crippen molar-refractivity contribution in [2.24, 2.45) is 0 Å². The summed E-state index contributed by atoms with van der Waals surface area (Å²) in [6.45, 7) is 0. The number of nitrogens with zero attached hydrogens (tertiary/aromatic N) is 2. The SMILES string of the molecule is N#CC(Cc1ccccc1)(c1ccccc1)c1ccc([N+](=O)[O-])cc1C(F)(F)F. The van der Waals surface area contributed by atoms with Crippen LogP contribution < -0.4 is 0 Å². The first-order valence-electron chi connectivity index (χ1n) is 8.65. The number of benzene rings is 3. The Morgan fingerprint density at radius 3 is 2.00 bits per heavy atom. The number of nitriles is 1. The summed E-state index contributed by atoms with van der Waals surface area (Å²) < 4.78 is 41.6. The molecule has 0 saturated carbocycles. The molecule has 0 aliphatic rings. The largest absolute Gasteiger partial charge is 0.416 e. The second-order valence-corrected chi connectivity index (χ2v) is 6.53. The summed E-state index contributed by atoms with van der Waals surface area (Å²) in [7, 11) is 0. The van der Waals surface area contributed by atoms with E-state index >= 15 is 0 Å². The van der Waals surface area contributed by atoms with Crippen molar-refractivity contribution in [2.75, 3.05) is 0 Å². The van der Waals surface area contributed by atoms with E-state index in [0.29, 0.717) is 17.2 Å². The molecule has 1 unspecified atom stereocenters. The van der Waals surface area contributed by atoms with Crippen LogP contribution >= 0.6 is 0 Å². The molecule has 0 bridgehead atoms. The van der Waals surface area contributed by atoms with E-state index in [2.05, 4.69) is 6.07 Å². The highest BCUT2D eigenvalue weighted by molar-refractivity contribution is 5.54. The third kappa shape index (κ3) is 3.97. The van der Waals surface area contributed by atoms with Crippen molar-refractivity contribution in [1.82, 2.24) is 0 Å². The third-order valence-electron chi connectivity index (χ3n) is 4.75. The molecule has 0 N–H and O–H groups in total. The maximum Gasteiger partial charge on any atom is 0.416 e. The van der Waals surface area contributed by atoms with Gasteiger partial charge < -0.3 is 0 Å². The van der Waals surface area contributed by atoms with Crippen molar-refractivity contribution in [1.29, 1.82) is 5.26 Å². The van der Waals surface area contributed by atoms with Crippen LogP contribution in [-0.2, 0) is 18.0 Å². The standard InChI is InChI=1S/C22H15F3N2O2/c23-22(24,25)20-13-18(27(28)29)11-12-19(20)21(15-26,17-9-5-2-6-10-17)14-16-7-3-1-4-8-16/h1-13H,14H2. The number of hydrogen-bond acceptors (Lipinski definition) is 3. The van der Waals surface area contributed by atoms with Crippen LogP contribution in [0.5, 0.6) is 0 Å². The van der Waals surface area contributed by atoms with Gasteiger partial charge in [-0.2, -0.15) is 18.4 Å². The molecule has 0 aliphatic carbocycles. The van der Waals surface area contributed by atoms with Crippen molar-refractivity contribution < 1.29 is 18.1 Å². The van der Waals surface area contributed by atoms with Crippen LogP contribution in [0, 0.1) is 21.4 Å². The van der Waals surface area contributed by atoms with Crippen molar-refractivity contribution in [3.8, 4) is 6.07 Å². The lowest BCUT2D eigenvalue weighted by atomic mass is 9.70. The second-order valence-electron chi connectivity index (χ2n) is 6.53. The van der Waals surface area contributed by atoms with Gasteiger partial charge in [0.1, 0.15) is 5.41 Å². The van der Waals surface area contributed by atoms with Gasteiger partial charge in [0.15, 0.2) is 0 Å². The van der Waals surface area contributed by atoms with E-state index in [1.807, 2.05) is 0 Å². The molecule has 3 rings (SSSR count). The van der Waals surface area contributed by atoms with E-state index in [1.54, 1.807) is 60.7 Å². The molecule has 0 aliphatic heterocycles. The summed E-state index contributed by atoms with van der Waals surface area (Å²) >= 11 is 0. The Morgan fingerprint density at radius 2 is 1.48 bits per heavy atom. The van der Waals surface area contributed by atoms with Gasteiger partial charge >= 0.3 is 6.18 Å². The molecule has 0 amide bonds. The number of hydrogen-bond donors (Lipinski definition) is 0. The van der Waals surface area contributed by atoms with Crippen LogP contribution in [0.4, 0.5) is 18.9 Å². The topological polar surface area (TPSA) is 66.9 Å². The molecule has 0 heterocycles. The average Bonchev–Trinajstić information content (AvgIpc) is 2.72. The van der Waals surface area contributed by atoms with Crippen molar-refractivity contribution >= 4 is 5.69 Å². The van der Waals surface area contributed by atoms with E-state index in [0.717, 1.165) is 12.1 Å². The summed E-state index contributed by atoms with van der Waals surface area (Å²) in [6, 6.07) is 21.5. The highest BCUT2D eigenvalue weighted by Crippen LogP contribution is 2.44. The molecule has 29 heavy (non-hydrogen) atoms. The summed E-state index contributed by atoms with van der Waals surface area (Å²) in [6.07, 6.45) is -4.88. The second kappa shape index (κ2) is 7.76. The van der Waals surface area contributed by atoms with E-state index in [9.17, 15) is 28.5 Å². The van der Waals surface area contributed by atoms with Crippen LogP contribution in [0.25, 0.3) is 0 Å². The fourth-order valence-corrected chi connectivity index (χ4v) is 3.39. The quantitative estimate of drug-likeness (QED) is 0.412. The predicted octanol–water partition coefficient (Wildman–Crippen LogP) is 5.67. The molecule has 4 nitrogen and oxygen atoms in total. The van der Waals surface area contributed by atoms with Crippen molar-refractivity contribution in [3.05, 3.63) is 111 Å². The average molecular weight is 396 g/mol. The van der Waals surface area contributed by atoms with Crippen LogP contribution in [0.2, 0.25) is 0 Å². The van der Waals surface area contributed by atoms with Gasteiger partial charge in [-0.1, -0.05) is 60.7 Å². The first-order valence-corrected chi connectivity index (χ1v) is 8.65. The Kier molecular flexibility index (Phi) is 5.37. The normalized spacial score (nSPS) is 13.3. The van der Waals surface area contributed by atoms with E-state index in [1.165, 1.54) is 0 Å². The number of nitro benzene ring substituents is 1. The maximum atomic E-state index is 13.9. The molecule has 0 saturated heterocycles. The van der Waals surface area contributed by atoms with E-state index < -0.39 is 27.8 Å². The van der Waals surface area contributed by atoms with Gasteiger partial charge in [0, 0.05) is 12.1 Å². The number of alkyl halides is 3. The fraction of sp³-hybridized carbons (Fsp3) is 0.136. The highest BCUT2D eigenvalue weighted by atomic mass is 19.4. The smallest absolute Gasteiger partial charge is 0.258 e. The van der Waals surface area contributed by atoms with Gasteiger partial charge in [0.2, 0.25) is 0 Å². The van der Waals surface area contributed by atoms with Gasteiger partial charge in [-0.3, -0.25) is 10.1 Å². The highest BCUT2D eigenvalue weighted by Gasteiger charge is 2.44. The lowest BCUT2D eigenvalue weighted by Gasteiger charge is -2.30. The molecular formula is C22H15F3N2O2. The van der Waals surface area contributed by atoms with Gasteiger partial charge in [0.25, 0.3) is 5.69 Å². The lowest BCUT2D eigenvalue weighted by molar-refractivity contribution is -0.385. The van der Waals surface area contributed by atoms with Gasteiger partial charge in [-0.15, -0.1) is 0 Å². The minimum absolute atomic E-state index is 0.0186. The summed E-state index contributed by atoms with van der Waals surface area (Å²) in [4.78, 5) is 10.2. The van der Waals surface area contributed by atoms with Crippen molar-refractivity contribution in [3.63, 3.8) is 0 Å². The summed E-state index contributed by atoms with van der Waals surface area (Å²) in [5.41, 5.74) is -2.81. The minimum Gasteiger partial charge on any atom is -0.258 e. The molecule has 3 aromatic rings. The number of halogens is 3. The maximum absolute atomic E-state index is 13.9. The minimum atomic E-state index is -4.87. The molecule has 146 valence electrons. The van der Waals surface area contributed by atoms with Crippen molar-refractivity contribution in [2.45, 2.75) is 18.0 Å². The molecular weight excluding hydrogens is 381 g/mol. The third-order valence-corrected chi connectivity index (χ3v) is 4.75. The Bertz CT molecular complexity index is 1060. The Labute approximate surface area is 165 Å². The van der Waals surface area contributed by atoms with Crippen LogP contribution in [0.1, 0.15) is 22.3 Å². The first-order chi connectivity index (χ1) is 13.8. The zero-order valence-corrected chi connectivity index (χ0v) is 15.1. The molecule has 1 atom stereocenters. The zero-order chi connectivity index (χ0) is 21.1. The van der Waals surface area contributed by atoms with Gasteiger partial charge in [0.05, 0.1) is 16.6 Å². The number of nitro groups is 1. The number of non-ortho nitro benzene ring substituents is 1. The first kappa shape index (κ1) is 20.1. The Morgan fingerprint density at radius 1 is 0.897 bits per heavy atom. The van der Waals surface area contributed by atoms with Gasteiger partial charge in [-0.05, 0) is 29.2 Å². The van der Waals surface area contributed by atoms with Crippen LogP contribution in [0.3, 0.4) is 0 Å². The molecule has 7 heteroatoms. The Hall–Kier alpha value is -3.66. The lowest BCUT2D eigenvalue weighted by Crippen LogP contribution is -2.32. The molecule has 0 spiro atoms. The predicted molar refractivity (Wildman–Crippen MR) is 101 cm³/mol. The van der Waals surface area contributed by atoms with E-state index in [-0.39, 0.29) is 12.0 Å². The molecule has 3 aromatic carbocycles. The summed E-state index contributed by atoms with van der Waals surface area (Å²) in [5, 5.41) is 21.2. The summed E-state index contributed by atoms with van der Waals surface area (Å²) in [5.74, 6) is 0. The Balaban J connectivity index is 2.33. The fourth-order valence-electron chi connectivity index (χ4n) is 3.39. The monoisotopic (exact) mass is 396 g/mol. The molecule has 0 fully saturated rings. The molecule has 0 radical (unpaired) electrons. The van der Waals surface area contributed by atoms with E-state index in [4.69, 9.17) is 0 Å². The molecule has 0 aromatic heterocycles.